The monoisotopic (exact) mass is 788 g/mol. The number of carbonyl (C=O) groups excluding carboxylic acids is 6. The van der Waals surface area contributed by atoms with Gasteiger partial charge in [-0.05, 0) is 30.4 Å². The molecule has 310 valence electrons. The van der Waals surface area contributed by atoms with Crippen LogP contribution in [0.2, 0.25) is 0 Å². The van der Waals surface area contributed by atoms with Crippen molar-refractivity contribution in [2.75, 3.05) is 73.6 Å². The predicted molar refractivity (Wildman–Crippen MR) is 201 cm³/mol. The van der Waals surface area contributed by atoms with Gasteiger partial charge in [-0.25, -0.2) is 9.59 Å². The molecule has 0 saturated carbocycles. The van der Waals surface area contributed by atoms with E-state index in [0.717, 1.165) is 11.1 Å². The van der Waals surface area contributed by atoms with Gasteiger partial charge in [-0.15, -0.1) is 0 Å². The summed E-state index contributed by atoms with van der Waals surface area (Å²) in [5, 5.41) is 5.18. The number of Topliss-reactive ketones (excluding diaryl/α,β-unsaturated/α-hetero) is 1. The molecule has 16 nitrogen and oxygen atoms in total. The van der Waals surface area contributed by atoms with Crippen LogP contribution in [0.4, 0.5) is 4.79 Å². The van der Waals surface area contributed by atoms with Crippen molar-refractivity contribution in [3.05, 3.63) is 71.8 Å². The number of amides is 2. The molecule has 0 aliphatic rings. The second-order valence-corrected chi connectivity index (χ2v) is 12.4. The SMILES string of the molecule is COC(=O)[C@H](CCC(=O)NCCOCCOCCOCCOCCCC(=O)CC[C@H](NC(=O)OCc1ccccc1)C(=O)OC)CC(=O)OCc1ccccc1. The Balaban J connectivity index is 1.40. The summed E-state index contributed by atoms with van der Waals surface area (Å²) in [6.45, 7) is 3.18. The van der Waals surface area contributed by atoms with Crippen LogP contribution < -0.4 is 10.6 Å². The van der Waals surface area contributed by atoms with Gasteiger partial charge in [0.15, 0.2) is 0 Å². The van der Waals surface area contributed by atoms with Crippen molar-refractivity contribution in [2.45, 2.75) is 64.2 Å². The summed E-state index contributed by atoms with van der Waals surface area (Å²) in [6, 6.07) is 17.3. The van der Waals surface area contributed by atoms with E-state index in [2.05, 4.69) is 10.6 Å². The molecule has 0 radical (unpaired) electrons. The van der Waals surface area contributed by atoms with E-state index in [4.69, 9.17) is 37.9 Å². The van der Waals surface area contributed by atoms with Crippen LogP contribution in [0.25, 0.3) is 0 Å². The number of rotatable bonds is 31. The predicted octanol–water partition coefficient (Wildman–Crippen LogP) is 3.47. The van der Waals surface area contributed by atoms with Crippen LogP contribution >= 0.6 is 0 Å². The van der Waals surface area contributed by atoms with Gasteiger partial charge >= 0.3 is 24.0 Å². The van der Waals surface area contributed by atoms with Crippen LogP contribution in [-0.2, 0) is 75.1 Å². The molecule has 2 aromatic carbocycles. The Morgan fingerprint density at radius 2 is 1.12 bits per heavy atom. The lowest BCUT2D eigenvalue weighted by molar-refractivity contribution is -0.154. The smallest absolute Gasteiger partial charge is 0.408 e. The number of methoxy groups -OCH3 is 2. The maximum Gasteiger partial charge on any atom is 0.408 e. The third-order valence-corrected chi connectivity index (χ3v) is 8.04. The van der Waals surface area contributed by atoms with E-state index < -0.39 is 36.0 Å². The Morgan fingerprint density at radius 3 is 1.70 bits per heavy atom. The quantitative estimate of drug-likeness (QED) is 0.0639. The molecule has 0 saturated heterocycles. The second kappa shape index (κ2) is 30.3. The molecule has 2 amide bonds. The number of alkyl carbamates (subject to hydrolysis) is 1. The van der Waals surface area contributed by atoms with Crippen LogP contribution in [-0.4, -0.2) is 115 Å². The van der Waals surface area contributed by atoms with Gasteiger partial charge < -0.3 is 48.5 Å². The molecule has 2 atom stereocenters. The zero-order chi connectivity index (χ0) is 40.6. The normalized spacial score (nSPS) is 11.8. The highest BCUT2D eigenvalue weighted by Crippen LogP contribution is 2.15. The largest absolute Gasteiger partial charge is 0.469 e. The molecule has 0 aromatic heterocycles. The molecule has 16 heteroatoms. The summed E-state index contributed by atoms with van der Waals surface area (Å²) < 4.78 is 41.8. The molecule has 2 N–H and O–H groups in total. The molecular weight excluding hydrogens is 732 g/mol. The third kappa shape index (κ3) is 23.1. The summed E-state index contributed by atoms with van der Waals surface area (Å²) >= 11 is 0. The van der Waals surface area contributed by atoms with Crippen LogP contribution in [0.5, 0.6) is 0 Å². The Labute approximate surface area is 328 Å². The number of benzene rings is 2. The number of hydrogen-bond donors (Lipinski definition) is 2. The minimum absolute atomic E-state index is 0.0378. The average molecular weight is 789 g/mol. The maximum absolute atomic E-state index is 12.3. The van der Waals surface area contributed by atoms with E-state index in [1.54, 1.807) is 0 Å². The van der Waals surface area contributed by atoms with Gasteiger partial charge in [0.25, 0.3) is 0 Å². The summed E-state index contributed by atoms with van der Waals surface area (Å²) in [7, 11) is 2.44. The van der Waals surface area contributed by atoms with Crippen LogP contribution in [0.15, 0.2) is 60.7 Å². The first kappa shape index (κ1) is 47.3. The van der Waals surface area contributed by atoms with Gasteiger partial charge in [0.2, 0.25) is 5.91 Å². The summed E-state index contributed by atoms with van der Waals surface area (Å²) in [4.78, 5) is 73.2. The van der Waals surface area contributed by atoms with Crippen molar-refractivity contribution >= 4 is 35.7 Å². The van der Waals surface area contributed by atoms with E-state index in [0.29, 0.717) is 52.7 Å². The molecule has 56 heavy (non-hydrogen) atoms. The standard InChI is InChI=1S/C40H56N2O14/c1-49-38(46)33(28-37(45)55-29-31-10-5-3-6-11-31)15-18-36(44)41-19-21-52-23-25-54-27-26-53-24-22-51-20-9-14-34(43)16-17-35(39(47)50-2)42-40(48)56-30-32-12-7-4-8-13-32/h3-8,10-13,33,35H,9,14-30H2,1-2H3,(H,41,44)(H,42,48)/t33-,35+/m1/s1. The Morgan fingerprint density at radius 1 is 0.589 bits per heavy atom. The van der Waals surface area contributed by atoms with Gasteiger partial charge in [-0.2, -0.15) is 0 Å². The van der Waals surface area contributed by atoms with Crippen molar-refractivity contribution in [3.8, 4) is 0 Å². The van der Waals surface area contributed by atoms with Crippen molar-refractivity contribution < 1.29 is 66.7 Å². The molecule has 0 bridgehead atoms. The van der Waals surface area contributed by atoms with Gasteiger partial charge in [-0.3, -0.25) is 19.2 Å². The number of esters is 3. The van der Waals surface area contributed by atoms with Gasteiger partial charge in [-0.1, -0.05) is 60.7 Å². The van der Waals surface area contributed by atoms with E-state index in [1.165, 1.54) is 14.2 Å². The summed E-state index contributed by atoms with van der Waals surface area (Å²) in [6.07, 6.45) is 0.172. The number of hydrogen-bond acceptors (Lipinski definition) is 14. The fourth-order valence-electron chi connectivity index (χ4n) is 4.99. The van der Waals surface area contributed by atoms with Gasteiger partial charge in [0.05, 0.1) is 72.8 Å². The van der Waals surface area contributed by atoms with E-state index in [1.807, 2.05) is 60.7 Å². The zero-order valence-electron chi connectivity index (χ0n) is 32.4. The highest BCUT2D eigenvalue weighted by molar-refractivity contribution is 5.83. The average Bonchev–Trinajstić information content (AvgIpc) is 3.22. The molecule has 0 fully saturated rings. The highest BCUT2D eigenvalue weighted by atomic mass is 16.6. The summed E-state index contributed by atoms with van der Waals surface area (Å²) in [5.74, 6) is -2.91. The topological polar surface area (TPSA) is 200 Å². The first-order valence-electron chi connectivity index (χ1n) is 18.6. The zero-order valence-corrected chi connectivity index (χ0v) is 32.4. The van der Waals surface area contributed by atoms with Crippen molar-refractivity contribution in [1.29, 1.82) is 0 Å². The Kier molecular flexibility index (Phi) is 25.6. The third-order valence-electron chi connectivity index (χ3n) is 8.04. The van der Waals surface area contributed by atoms with Crippen molar-refractivity contribution in [3.63, 3.8) is 0 Å². The fraction of sp³-hybridized carbons (Fsp3) is 0.550. The van der Waals surface area contributed by atoms with E-state index >= 15 is 0 Å². The molecule has 0 unspecified atom stereocenters. The molecule has 0 aliphatic carbocycles. The van der Waals surface area contributed by atoms with Crippen LogP contribution in [0.3, 0.4) is 0 Å². The number of ketones is 1. The lowest BCUT2D eigenvalue weighted by Gasteiger charge is -2.16. The lowest BCUT2D eigenvalue weighted by atomic mass is 9.99. The lowest BCUT2D eigenvalue weighted by Crippen LogP contribution is -2.42. The minimum Gasteiger partial charge on any atom is -0.469 e. The number of carbonyl (C=O) groups is 6. The van der Waals surface area contributed by atoms with E-state index in [-0.39, 0.29) is 76.6 Å². The first-order chi connectivity index (χ1) is 27.2. The van der Waals surface area contributed by atoms with Gasteiger partial charge in [0, 0.05) is 32.4 Å². The number of ether oxygens (including phenoxy) is 8. The summed E-state index contributed by atoms with van der Waals surface area (Å²) in [5.41, 5.74) is 1.63. The molecule has 0 heterocycles. The van der Waals surface area contributed by atoms with Crippen LogP contribution in [0, 0.1) is 5.92 Å². The van der Waals surface area contributed by atoms with Crippen molar-refractivity contribution in [1.82, 2.24) is 10.6 Å². The van der Waals surface area contributed by atoms with Crippen LogP contribution in [0.1, 0.15) is 56.1 Å². The Hall–Kier alpha value is -4.90. The highest BCUT2D eigenvalue weighted by Gasteiger charge is 2.25. The second-order valence-electron chi connectivity index (χ2n) is 12.4. The Bertz CT molecular complexity index is 1320. The molecule has 2 aromatic rings. The molecular formula is C40H56N2O14. The molecule has 0 spiro atoms. The first-order valence-corrected chi connectivity index (χ1v) is 18.6. The van der Waals surface area contributed by atoms with E-state index in [9.17, 15) is 28.8 Å². The minimum atomic E-state index is -0.998. The van der Waals surface area contributed by atoms with Crippen molar-refractivity contribution in [2.24, 2.45) is 5.92 Å². The van der Waals surface area contributed by atoms with Gasteiger partial charge in [0.1, 0.15) is 25.0 Å². The fourth-order valence-corrected chi connectivity index (χ4v) is 4.99. The molecule has 0 aliphatic heterocycles. The number of nitrogens with one attached hydrogen (secondary N) is 2. The molecule has 2 rings (SSSR count). The maximum atomic E-state index is 12.3.